The first-order valence-electron chi connectivity index (χ1n) is 10.8. The molecule has 178 valence electrons. The first kappa shape index (κ1) is 25.7. The molecule has 4 N–H and O–H groups in total. The number of rotatable bonds is 8. The molecular formula is C22H34N4O6. The molecule has 0 spiro atoms. The fourth-order valence-electron chi connectivity index (χ4n) is 3.86. The second kappa shape index (κ2) is 13.1. The highest BCUT2D eigenvalue weighted by Crippen LogP contribution is 2.14. The zero-order valence-corrected chi connectivity index (χ0v) is 18.6. The summed E-state index contributed by atoms with van der Waals surface area (Å²) < 4.78 is 5.72. The van der Waals surface area contributed by atoms with E-state index in [1.165, 1.54) is 6.92 Å². The molecule has 2 rings (SSSR count). The van der Waals surface area contributed by atoms with Gasteiger partial charge >= 0.3 is 11.9 Å². The lowest BCUT2D eigenvalue weighted by Crippen LogP contribution is -2.51. The van der Waals surface area contributed by atoms with Gasteiger partial charge in [-0.05, 0) is 31.0 Å². The largest absolute Gasteiger partial charge is 0.480 e. The minimum absolute atomic E-state index is 0.0248. The van der Waals surface area contributed by atoms with Crippen molar-refractivity contribution in [1.82, 2.24) is 14.7 Å². The van der Waals surface area contributed by atoms with E-state index >= 15 is 0 Å². The Morgan fingerprint density at radius 1 is 0.938 bits per heavy atom. The Morgan fingerprint density at radius 3 is 2.16 bits per heavy atom. The first-order valence-corrected chi connectivity index (χ1v) is 10.8. The molecule has 0 amide bonds. The van der Waals surface area contributed by atoms with E-state index in [0.29, 0.717) is 58.0 Å². The summed E-state index contributed by atoms with van der Waals surface area (Å²) in [4.78, 5) is 40.3. The van der Waals surface area contributed by atoms with Gasteiger partial charge in [-0.3, -0.25) is 29.1 Å². The molecule has 1 saturated heterocycles. The van der Waals surface area contributed by atoms with Gasteiger partial charge in [-0.25, -0.2) is 0 Å². The Kier molecular flexibility index (Phi) is 10.5. The second-order valence-electron chi connectivity index (χ2n) is 8.18. The van der Waals surface area contributed by atoms with Crippen LogP contribution in [0.1, 0.15) is 12.5 Å². The standard InChI is InChI=1S/C22H34N4O6/c1-17(27)13-26-9-11-32-10-8-24(15-21(28)29)6-7-25(16-22(30)31)14-20(26)12-18-2-4-19(23)5-3-18/h2-5,20H,6-16,23H2,1H3,(H,28,29)(H,30,31). The van der Waals surface area contributed by atoms with E-state index in [9.17, 15) is 24.6 Å². The maximum atomic E-state index is 12.0. The van der Waals surface area contributed by atoms with E-state index < -0.39 is 11.9 Å². The van der Waals surface area contributed by atoms with Crippen LogP contribution in [0.2, 0.25) is 0 Å². The number of aliphatic carboxylic acids is 2. The molecule has 1 aliphatic heterocycles. The van der Waals surface area contributed by atoms with Gasteiger partial charge in [-0.2, -0.15) is 0 Å². The second-order valence-corrected chi connectivity index (χ2v) is 8.18. The van der Waals surface area contributed by atoms with Gasteiger partial charge in [0.25, 0.3) is 0 Å². The van der Waals surface area contributed by atoms with Crippen LogP contribution >= 0.6 is 0 Å². The number of nitrogens with zero attached hydrogens (tertiary/aromatic N) is 3. The van der Waals surface area contributed by atoms with Crippen molar-refractivity contribution < 1.29 is 29.3 Å². The van der Waals surface area contributed by atoms with Crippen LogP contribution in [0.4, 0.5) is 5.69 Å². The van der Waals surface area contributed by atoms with Crippen molar-refractivity contribution in [2.75, 3.05) is 71.3 Å². The molecular weight excluding hydrogens is 416 g/mol. The normalized spacial score (nSPS) is 20.2. The average molecular weight is 451 g/mol. The number of benzene rings is 1. The number of ether oxygens (including phenoxy) is 1. The van der Waals surface area contributed by atoms with E-state index in [1.54, 1.807) is 4.90 Å². The van der Waals surface area contributed by atoms with Crippen molar-refractivity contribution in [2.24, 2.45) is 0 Å². The van der Waals surface area contributed by atoms with Crippen LogP contribution in [0.3, 0.4) is 0 Å². The average Bonchev–Trinajstić information content (AvgIpc) is 2.69. The summed E-state index contributed by atoms with van der Waals surface area (Å²) in [5, 5.41) is 18.6. The van der Waals surface area contributed by atoms with Gasteiger partial charge in [0, 0.05) is 44.5 Å². The van der Waals surface area contributed by atoms with Gasteiger partial charge in [0.15, 0.2) is 0 Å². The molecule has 32 heavy (non-hydrogen) atoms. The quantitative estimate of drug-likeness (QED) is 0.460. The van der Waals surface area contributed by atoms with Gasteiger partial charge in [-0.1, -0.05) is 12.1 Å². The minimum Gasteiger partial charge on any atom is -0.480 e. The maximum Gasteiger partial charge on any atom is 0.317 e. The summed E-state index contributed by atoms with van der Waals surface area (Å²) >= 11 is 0. The summed E-state index contributed by atoms with van der Waals surface area (Å²) in [5.74, 6) is -1.86. The van der Waals surface area contributed by atoms with Crippen LogP contribution in [0, 0.1) is 0 Å². The molecule has 0 saturated carbocycles. The van der Waals surface area contributed by atoms with Gasteiger partial charge in [0.2, 0.25) is 0 Å². The molecule has 1 heterocycles. The lowest BCUT2D eigenvalue weighted by atomic mass is 10.0. The van der Waals surface area contributed by atoms with Gasteiger partial charge < -0.3 is 20.7 Å². The highest BCUT2D eigenvalue weighted by atomic mass is 16.5. The number of carbonyl (C=O) groups is 3. The van der Waals surface area contributed by atoms with Gasteiger partial charge in [0.05, 0.1) is 32.8 Å². The van der Waals surface area contributed by atoms with Crippen LogP contribution in [0.5, 0.6) is 0 Å². The number of carbonyl (C=O) groups excluding carboxylic acids is 1. The number of anilines is 1. The van der Waals surface area contributed by atoms with Crippen molar-refractivity contribution in [3.8, 4) is 0 Å². The molecule has 10 heteroatoms. The number of nitrogen functional groups attached to an aromatic ring is 1. The van der Waals surface area contributed by atoms with E-state index in [0.717, 1.165) is 5.56 Å². The van der Waals surface area contributed by atoms with Crippen LogP contribution < -0.4 is 5.73 Å². The number of ketones is 1. The summed E-state index contributed by atoms with van der Waals surface area (Å²) in [6, 6.07) is 7.38. The van der Waals surface area contributed by atoms with Gasteiger partial charge in [-0.15, -0.1) is 0 Å². The number of carboxylic acid groups (broad SMARTS) is 2. The predicted molar refractivity (Wildman–Crippen MR) is 120 cm³/mol. The summed E-state index contributed by atoms with van der Waals surface area (Å²) in [6.45, 7) is 4.42. The molecule has 1 aromatic carbocycles. The molecule has 1 atom stereocenters. The Labute approximate surface area is 188 Å². The minimum atomic E-state index is -0.949. The highest BCUT2D eigenvalue weighted by Gasteiger charge is 2.25. The lowest BCUT2D eigenvalue weighted by molar-refractivity contribution is -0.140. The molecule has 1 unspecified atom stereocenters. The van der Waals surface area contributed by atoms with Crippen molar-refractivity contribution >= 4 is 23.4 Å². The van der Waals surface area contributed by atoms with Crippen molar-refractivity contribution in [1.29, 1.82) is 0 Å². The SMILES string of the molecule is CC(=O)CN1CCOCCN(CC(=O)O)CCN(CC(=O)O)CC1Cc1ccc(N)cc1. The smallest absolute Gasteiger partial charge is 0.317 e. The van der Waals surface area contributed by atoms with Crippen molar-refractivity contribution in [2.45, 2.75) is 19.4 Å². The zero-order valence-electron chi connectivity index (χ0n) is 18.6. The van der Waals surface area contributed by atoms with E-state index in [4.69, 9.17) is 10.5 Å². The summed E-state index contributed by atoms with van der Waals surface area (Å²) in [7, 11) is 0. The highest BCUT2D eigenvalue weighted by molar-refractivity contribution is 5.77. The third-order valence-corrected chi connectivity index (χ3v) is 5.39. The van der Waals surface area contributed by atoms with Crippen LogP contribution in [0.15, 0.2) is 24.3 Å². The Morgan fingerprint density at radius 2 is 1.53 bits per heavy atom. The van der Waals surface area contributed by atoms with E-state index in [-0.39, 0.29) is 31.5 Å². The van der Waals surface area contributed by atoms with Crippen molar-refractivity contribution in [3.63, 3.8) is 0 Å². The number of hydrogen-bond acceptors (Lipinski definition) is 8. The van der Waals surface area contributed by atoms with Crippen LogP contribution in [-0.4, -0.2) is 114 Å². The molecule has 1 aromatic rings. The fraction of sp³-hybridized carbons (Fsp3) is 0.591. The Balaban J connectivity index is 2.26. The van der Waals surface area contributed by atoms with E-state index in [1.807, 2.05) is 34.1 Å². The third-order valence-electron chi connectivity index (χ3n) is 5.39. The monoisotopic (exact) mass is 450 g/mol. The van der Waals surface area contributed by atoms with E-state index in [2.05, 4.69) is 0 Å². The Hall–Kier alpha value is -2.53. The first-order chi connectivity index (χ1) is 15.2. The maximum absolute atomic E-state index is 12.0. The number of hydrogen-bond donors (Lipinski definition) is 3. The molecule has 1 aliphatic rings. The summed E-state index contributed by atoms with van der Waals surface area (Å²) in [6.07, 6.45) is 0.614. The number of carboxylic acids is 2. The molecule has 0 bridgehead atoms. The number of nitrogens with two attached hydrogens (primary N) is 1. The van der Waals surface area contributed by atoms with Gasteiger partial charge in [0.1, 0.15) is 5.78 Å². The zero-order chi connectivity index (χ0) is 23.5. The molecule has 1 fully saturated rings. The fourth-order valence-corrected chi connectivity index (χ4v) is 3.86. The van der Waals surface area contributed by atoms with Crippen LogP contribution in [0.25, 0.3) is 0 Å². The molecule has 10 nitrogen and oxygen atoms in total. The Bertz CT molecular complexity index is 757. The van der Waals surface area contributed by atoms with Crippen molar-refractivity contribution in [3.05, 3.63) is 29.8 Å². The summed E-state index contributed by atoms with van der Waals surface area (Å²) in [5.41, 5.74) is 7.50. The molecule has 0 radical (unpaired) electrons. The molecule has 0 aliphatic carbocycles. The lowest BCUT2D eigenvalue weighted by Gasteiger charge is -2.36. The topological polar surface area (TPSA) is 137 Å². The third kappa shape index (κ3) is 9.73. The predicted octanol–water partition coefficient (Wildman–Crippen LogP) is -0.126. The number of Topliss-reactive ketones (excluding diaryl/α,β-unsaturated/α-hetero) is 1. The molecule has 0 aromatic heterocycles. The van der Waals surface area contributed by atoms with Crippen LogP contribution in [-0.2, 0) is 25.5 Å².